The van der Waals surface area contributed by atoms with Gasteiger partial charge in [0.1, 0.15) is 11.5 Å². The quantitative estimate of drug-likeness (QED) is 0.740. The monoisotopic (exact) mass is 221 g/mol. The van der Waals surface area contributed by atoms with Gasteiger partial charge in [0.05, 0.1) is 18.8 Å². The van der Waals surface area contributed by atoms with Gasteiger partial charge >= 0.3 is 0 Å². The summed E-state index contributed by atoms with van der Waals surface area (Å²) in [7, 11) is 0. The van der Waals surface area contributed by atoms with E-state index < -0.39 is 0 Å². The average molecular weight is 221 g/mol. The van der Waals surface area contributed by atoms with E-state index in [1.54, 1.807) is 6.26 Å². The number of Topliss-reactive ketones (excluding diaryl/α,β-unsaturated/α-hetero) is 1. The first-order chi connectivity index (χ1) is 7.72. The maximum atomic E-state index is 11.7. The highest BCUT2D eigenvalue weighted by atomic mass is 16.3. The second-order valence-electron chi connectivity index (χ2n) is 4.48. The predicted octanol–water partition coefficient (Wildman–Crippen LogP) is 2.61. The van der Waals surface area contributed by atoms with Crippen molar-refractivity contribution in [3.8, 4) is 0 Å². The highest BCUT2D eigenvalue weighted by molar-refractivity contribution is 5.83. The molecule has 1 aromatic heterocycles. The Labute approximate surface area is 96.4 Å². The number of hydrogen-bond acceptors (Lipinski definition) is 3. The zero-order valence-electron chi connectivity index (χ0n) is 9.98. The molecule has 1 heterocycles. The molecule has 1 aliphatic carbocycles. The zero-order valence-corrected chi connectivity index (χ0v) is 9.98. The average Bonchev–Trinajstić information content (AvgIpc) is 3.01. The van der Waals surface area contributed by atoms with Gasteiger partial charge in [0.2, 0.25) is 0 Å². The summed E-state index contributed by atoms with van der Waals surface area (Å²) >= 11 is 0. The molecule has 0 radical (unpaired) electrons. The number of carbonyl (C=O) groups is 1. The van der Waals surface area contributed by atoms with E-state index in [1.165, 1.54) is 12.8 Å². The van der Waals surface area contributed by atoms with Crippen LogP contribution in [0.2, 0.25) is 0 Å². The minimum Gasteiger partial charge on any atom is -0.468 e. The fourth-order valence-corrected chi connectivity index (χ4v) is 2.05. The van der Waals surface area contributed by atoms with E-state index in [-0.39, 0.29) is 6.04 Å². The molecule has 1 saturated carbocycles. The second-order valence-corrected chi connectivity index (χ2v) is 4.48. The van der Waals surface area contributed by atoms with Crippen molar-refractivity contribution >= 4 is 5.78 Å². The first kappa shape index (κ1) is 11.4. The van der Waals surface area contributed by atoms with Gasteiger partial charge in [-0.05, 0) is 31.9 Å². The van der Waals surface area contributed by atoms with Crippen LogP contribution in [-0.4, -0.2) is 22.8 Å². The molecular formula is C13H19NO2. The topological polar surface area (TPSA) is 33.5 Å². The second kappa shape index (κ2) is 4.83. The van der Waals surface area contributed by atoms with Crippen molar-refractivity contribution in [1.29, 1.82) is 0 Å². The van der Waals surface area contributed by atoms with Crippen LogP contribution >= 0.6 is 0 Å². The van der Waals surface area contributed by atoms with Crippen LogP contribution in [0.15, 0.2) is 22.8 Å². The van der Waals surface area contributed by atoms with Crippen LogP contribution in [0.1, 0.15) is 38.9 Å². The minimum atomic E-state index is 0.0163. The summed E-state index contributed by atoms with van der Waals surface area (Å²) in [6.07, 6.45) is 4.72. The fraction of sp³-hybridized carbons (Fsp3) is 0.615. The number of ketones is 1. The summed E-state index contributed by atoms with van der Waals surface area (Å²) in [6, 6.07) is 4.46. The van der Waals surface area contributed by atoms with Crippen molar-refractivity contribution in [3.05, 3.63) is 24.2 Å². The maximum Gasteiger partial charge on any atom is 0.149 e. The van der Waals surface area contributed by atoms with E-state index in [9.17, 15) is 4.79 Å². The molecule has 1 unspecified atom stereocenters. The summed E-state index contributed by atoms with van der Waals surface area (Å²) in [5, 5.41) is 0. The first-order valence-corrected chi connectivity index (χ1v) is 6.03. The van der Waals surface area contributed by atoms with Gasteiger partial charge in [0, 0.05) is 12.5 Å². The molecule has 3 heteroatoms. The van der Waals surface area contributed by atoms with Crippen LogP contribution < -0.4 is 0 Å². The van der Waals surface area contributed by atoms with Crippen LogP contribution in [0.5, 0.6) is 0 Å². The summed E-state index contributed by atoms with van der Waals surface area (Å²) in [5.74, 6) is 1.26. The van der Waals surface area contributed by atoms with E-state index in [0.29, 0.717) is 18.2 Å². The van der Waals surface area contributed by atoms with Crippen molar-refractivity contribution in [2.45, 2.75) is 51.7 Å². The third kappa shape index (κ3) is 2.53. The summed E-state index contributed by atoms with van der Waals surface area (Å²) in [4.78, 5) is 14.0. The lowest BCUT2D eigenvalue weighted by molar-refractivity contribution is -0.124. The third-order valence-corrected chi connectivity index (χ3v) is 3.25. The summed E-state index contributed by atoms with van der Waals surface area (Å²) < 4.78 is 5.35. The van der Waals surface area contributed by atoms with Crippen LogP contribution in [0, 0.1) is 0 Å². The molecular weight excluding hydrogens is 202 g/mol. The van der Waals surface area contributed by atoms with Gasteiger partial charge in [-0.3, -0.25) is 9.69 Å². The van der Waals surface area contributed by atoms with E-state index in [0.717, 1.165) is 12.3 Å². The number of furan rings is 1. The Morgan fingerprint density at radius 3 is 2.88 bits per heavy atom. The zero-order chi connectivity index (χ0) is 11.5. The molecule has 0 bridgehead atoms. The van der Waals surface area contributed by atoms with Gasteiger partial charge < -0.3 is 4.42 Å². The Bertz CT molecular complexity index is 341. The highest BCUT2D eigenvalue weighted by Crippen LogP contribution is 2.30. The van der Waals surface area contributed by atoms with Gasteiger partial charge in [-0.25, -0.2) is 0 Å². The minimum absolute atomic E-state index is 0.0163. The normalized spacial score (nSPS) is 17.7. The van der Waals surface area contributed by atoms with Crippen molar-refractivity contribution in [2.24, 2.45) is 0 Å². The van der Waals surface area contributed by atoms with E-state index in [4.69, 9.17) is 4.42 Å². The molecule has 88 valence electrons. The van der Waals surface area contributed by atoms with Crippen LogP contribution in [-0.2, 0) is 11.3 Å². The number of hydrogen-bond donors (Lipinski definition) is 0. The Morgan fingerprint density at radius 1 is 1.62 bits per heavy atom. The molecule has 16 heavy (non-hydrogen) atoms. The molecule has 0 aliphatic heterocycles. The largest absolute Gasteiger partial charge is 0.468 e. The Kier molecular flexibility index (Phi) is 3.44. The molecule has 0 saturated heterocycles. The molecule has 0 N–H and O–H groups in total. The molecule has 1 aliphatic rings. The molecule has 0 aromatic carbocycles. The van der Waals surface area contributed by atoms with Gasteiger partial charge in [0.15, 0.2) is 0 Å². The fourth-order valence-electron chi connectivity index (χ4n) is 2.05. The lowest BCUT2D eigenvalue weighted by Crippen LogP contribution is -2.39. The molecule has 1 aromatic rings. The third-order valence-electron chi connectivity index (χ3n) is 3.25. The lowest BCUT2D eigenvalue weighted by Gasteiger charge is -2.26. The molecule has 1 fully saturated rings. The number of carbonyl (C=O) groups excluding carboxylic acids is 1. The highest BCUT2D eigenvalue weighted by Gasteiger charge is 2.34. The summed E-state index contributed by atoms with van der Waals surface area (Å²) in [5.41, 5.74) is 0. The Balaban J connectivity index is 2.02. The van der Waals surface area contributed by atoms with Gasteiger partial charge in [-0.2, -0.15) is 0 Å². The van der Waals surface area contributed by atoms with Gasteiger partial charge in [0.25, 0.3) is 0 Å². The smallest absolute Gasteiger partial charge is 0.149 e. The van der Waals surface area contributed by atoms with Gasteiger partial charge in [-0.15, -0.1) is 0 Å². The Morgan fingerprint density at radius 2 is 2.38 bits per heavy atom. The SMILES string of the molecule is CCC(=O)C(C)N(Cc1ccco1)C1CC1. The molecule has 3 nitrogen and oxygen atoms in total. The number of nitrogens with zero attached hydrogens (tertiary/aromatic N) is 1. The predicted molar refractivity (Wildman–Crippen MR) is 62.0 cm³/mol. The molecule has 2 rings (SSSR count). The number of rotatable bonds is 6. The molecule has 0 amide bonds. The van der Waals surface area contributed by atoms with Gasteiger partial charge in [-0.1, -0.05) is 6.92 Å². The van der Waals surface area contributed by atoms with Crippen LogP contribution in [0.25, 0.3) is 0 Å². The van der Waals surface area contributed by atoms with Crippen LogP contribution in [0.3, 0.4) is 0 Å². The Hall–Kier alpha value is -1.09. The summed E-state index contributed by atoms with van der Waals surface area (Å²) in [6.45, 7) is 4.69. The molecule has 1 atom stereocenters. The van der Waals surface area contributed by atoms with Crippen molar-refractivity contribution < 1.29 is 9.21 Å². The van der Waals surface area contributed by atoms with Crippen molar-refractivity contribution in [2.75, 3.05) is 0 Å². The van der Waals surface area contributed by atoms with E-state index >= 15 is 0 Å². The van der Waals surface area contributed by atoms with Crippen LogP contribution in [0.4, 0.5) is 0 Å². The first-order valence-electron chi connectivity index (χ1n) is 6.03. The molecule has 0 spiro atoms. The maximum absolute atomic E-state index is 11.7. The van der Waals surface area contributed by atoms with E-state index in [2.05, 4.69) is 4.90 Å². The van der Waals surface area contributed by atoms with Crippen molar-refractivity contribution in [1.82, 2.24) is 4.90 Å². The van der Waals surface area contributed by atoms with E-state index in [1.807, 2.05) is 26.0 Å². The van der Waals surface area contributed by atoms with Crippen molar-refractivity contribution in [3.63, 3.8) is 0 Å². The standard InChI is InChI=1S/C13H19NO2/c1-3-13(15)10(2)14(11-6-7-11)9-12-5-4-8-16-12/h4-5,8,10-11H,3,6-7,9H2,1-2H3. The lowest BCUT2D eigenvalue weighted by atomic mass is 10.1.